The van der Waals surface area contributed by atoms with Crippen LogP contribution in [0.15, 0.2) is 17.5 Å². The molecule has 2 N–H and O–H groups in total. The predicted molar refractivity (Wildman–Crippen MR) is 82.2 cm³/mol. The summed E-state index contributed by atoms with van der Waals surface area (Å²) in [5, 5.41) is 8.28. The van der Waals surface area contributed by atoms with E-state index in [1.54, 1.807) is 11.3 Å². The molecule has 0 aromatic carbocycles. The lowest BCUT2D eigenvalue weighted by molar-refractivity contribution is -0.126. The molecule has 4 rings (SSSR count). The standard InChI is InChI=1S/C16H22N2O2S/c19-15(17-10-11-4-3-9-21-11)18-13-12-5-8-20-14(12)16(13)6-1-2-7-16/h3-4,9,12-14H,1-2,5-8,10H2,(H2,17,18,19). The monoisotopic (exact) mass is 306 g/mol. The van der Waals surface area contributed by atoms with Crippen LogP contribution in [-0.2, 0) is 11.3 Å². The first kappa shape index (κ1) is 13.6. The summed E-state index contributed by atoms with van der Waals surface area (Å²) in [5.41, 5.74) is 0.238. The molecule has 5 heteroatoms. The van der Waals surface area contributed by atoms with Crippen molar-refractivity contribution in [2.75, 3.05) is 6.61 Å². The van der Waals surface area contributed by atoms with Gasteiger partial charge in [0.25, 0.3) is 0 Å². The highest BCUT2D eigenvalue weighted by Gasteiger charge is 2.65. The summed E-state index contributed by atoms with van der Waals surface area (Å²) in [4.78, 5) is 13.4. The number of hydrogen-bond acceptors (Lipinski definition) is 3. The van der Waals surface area contributed by atoms with Crippen LogP contribution >= 0.6 is 11.3 Å². The Morgan fingerprint density at radius 2 is 2.29 bits per heavy atom. The van der Waals surface area contributed by atoms with Gasteiger partial charge in [-0.2, -0.15) is 0 Å². The topological polar surface area (TPSA) is 50.4 Å². The molecule has 21 heavy (non-hydrogen) atoms. The molecule has 1 aromatic heterocycles. The van der Waals surface area contributed by atoms with Crippen LogP contribution < -0.4 is 10.6 Å². The zero-order valence-electron chi connectivity index (χ0n) is 12.1. The van der Waals surface area contributed by atoms with Crippen molar-refractivity contribution in [3.8, 4) is 0 Å². The van der Waals surface area contributed by atoms with Crippen molar-refractivity contribution in [3.05, 3.63) is 22.4 Å². The molecule has 3 unspecified atom stereocenters. The minimum atomic E-state index is -0.0231. The third kappa shape index (κ3) is 2.18. The third-order valence-electron chi connectivity index (χ3n) is 5.58. The van der Waals surface area contributed by atoms with Crippen molar-refractivity contribution in [1.29, 1.82) is 0 Å². The molecule has 2 saturated carbocycles. The first-order valence-electron chi connectivity index (χ1n) is 7.98. The van der Waals surface area contributed by atoms with Crippen LogP contribution in [0.4, 0.5) is 4.79 Å². The second kappa shape index (κ2) is 5.29. The second-order valence-corrected chi connectivity index (χ2v) is 7.60. The average molecular weight is 306 g/mol. The van der Waals surface area contributed by atoms with Crippen molar-refractivity contribution >= 4 is 17.4 Å². The van der Waals surface area contributed by atoms with Crippen molar-refractivity contribution in [2.45, 2.75) is 50.8 Å². The molecule has 114 valence electrons. The Kier molecular flexibility index (Phi) is 3.42. The molecule has 3 aliphatic rings. The predicted octanol–water partition coefficient (Wildman–Crippen LogP) is 2.90. The Labute approximate surface area is 129 Å². The van der Waals surface area contributed by atoms with Gasteiger partial charge in [0.2, 0.25) is 0 Å². The van der Waals surface area contributed by atoms with Crippen LogP contribution in [0.5, 0.6) is 0 Å². The van der Waals surface area contributed by atoms with Crippen LogP contribution in [0, 0.1) is 11.3 Å². The molecule has 2 amide bonds. The summed E-state index contributed by atoms with van der Waals surface area (Å²) in [5.74, 6) is 0.538. The smallest absolute Gasteiger partial charge is 0.315 e. The minimum Gasteiger partial charge on any atom is -0.377 e. The summed E-state index contributed by atoms with van der Waals surface area (Å²) in [6.07, 6.45) is 6.49. The highest BCUT2D eigenvalue weighted by molar-refractivity contribution is 7.09. The fourth-order valence-corrected chi connectivity index (χ4v) is 5.32. The molecule has 1 saturated heterocycles. The number of urea groups is 1. The third-order valence-corrected chi connectivity index (χ3v) is 6.45. The van der Waals surface area contributed by atoms with E-state index in [0.717, 1.165) is 13.0 Å². The summed E-state index contributed by atoms with van der Waals surface area (Å²) >= 11 is 1.68. The molecular formula is C16H22N2O2S. The lowest BCUT2D eigenvalue weighted by Gasteiger charge is -2.56. The Morgan fingerprint density at radius 1 is 1.43 bits per heavy atom. The van der Waals surface area contributed by atoms with Gasteiger partial charge in [-0.1, -0.05) is 18.9 Å². The number of amides is 2. The summed E-state index contributed by atoms with van der Waals surface area (Å²) in [7, 11) is 0. The number of thiophene rings is 1. The van der Waals surface area contributed by atoms with Crippen molar-refractivity contribution in [2.24, 2.45) is 11.3 Å². The van der Waals surface area contributed by atoms with Crippen LogP contribution in [0.25, 0.3) is 0 Å². The van der Waals surface area contributed by atoms with Gasteiger partial charge in [-0.25, -0.2) is 4.79 Å². The number of nitrogens with one attached hydrogen (secondary N) is 2. The number of carbonyl (C=O) groups is 1. The summed E-state index contributed by atoms with van der Waals surface area (Å²) in [6, 6.07) is 4.36. The van der Waals surface area contributed by atoms with Gasteiger partial charge in [0.1, 0.15) is 0 Å². The molecule has 4 nitrogen and oxygen atoms in total. The van der Waals surface area contributed by atoms with E-state index in [-0.39, 0.29) is 11.4 Å². The first-order chi connectivity index (χ1) is 10.3. The van der Waals surface area contributed by atoms with Gasteiger partial charge < -0.3 is 15.4 Å². The Balaban J connectivity index is 1.38. The van der Waals surface area contributed by atoms with E-state index in [4.69, 9.17) is 4.74 Å². The Bertz CT molecular complexity index is 510. The average Bonchev–Trinajstić information content (AvgIpc) is 3.22. The molecule has 0 bridgehead atoms. The molecule has 0 radical (unpaired) electrons. The largest absolute Gasteiger partial charge is 0.377 e. The quantitative estimate of drug-likeness (QED) is 0.902. The van der Waals surface area contributed by atoms with E-state index in [1.807, 2.05) is 17.5 Å². The van der Waals surface area contributed by atoms with Gasteiger partial charge in [-0.15, -0.1) is 11.3 Å². The van der Waals surface area contributed by atoms with E-state index in [2.05, 4.69) is 10.6 Å². The van der Waals surface area contributed by atoms with Gasteiger partial charge in [0.15, 0.2) is 0 Å². The maximum absolute atomic E-state index is 12.2. The maximum Gasteiger partial charge on any atom is 0.315 e. The van der Waals surface area contributed by atoms with E-state index in [0.29, 0.717) is 24.6 Å². The molecular weight excluding hydrogens is 284 g/mol. The number of carbonyl (C=O) groups excluding carboxylic acids is 1. The zero-order valence-corrected chi connectivity index (χ0v) is 13.0. The SMILES string of the molecule is O=C(NCc1cccs1)NC1C2CCOC2C12CCCC2. The lowest BCUT2D eigenvalue weighted by Crippen LogP contribution is -2.69. The fourth-order valence-electron chi connectivity index (χ4n) is 4.68. The Hall–Kier alpha value is -1.07. The van der Waals surface area contributed by atoms with Gasteiger partial charge in [-0.3, -0.25) is 0 Å². The van der Waals surface area contributed by atoms with Gasteiger partial charge in [-0.05, 0) is 30.7 Å². The van der Waals surface area contributed by atoms with Gasteiger partial charge in [0.05, 0.1) is 12.6 Å². The van der Waals surface area contributed by atoms with E-state index < -0.39 is 0 Å². The lowest BCUT2D eigenvalue weighted by atomic mass is 9.54. The summed E-state index contributed by atoms with van der Waals surface area (Å²) in [6.45, 7) is 1.49. The van der Waals surface area contributed by atoms with Crippen LogP contribution in [-0.4, -0.2) is 24.8 Å². The van der Waals surface area contributed by atoms with E-state index >= 15 is 0 Å². The molecule has 1 spiro atoms. The molecule has 2 aliphatic carbocycles. The zero-order chi connectivity index (χ0) is 14.3. The second-order valence-electron chi connectivity index (χ2n) is 6.57. The summed E-state index contributed by atoms with van der Waals surface area (Å²) < 4.78 is 5.95. The maximum atomic E-state index is 12.2. The number of ether oxygens (including phenoxy) is 1. The van der Waals surface area contributed by atoms with Crippen molar-refractivity contribution in [3.63, 3.8) is 0 Å². The fraction of sp³-hybridized carbons (Fsp3) is 0.688. The van der Waals surface area contributed by atoms with Gasteiger partial charge >= 0.3 is 6.03 Å². The number of fused-ring (bicyclic) bond motifs is 2. The van der Waals surface area contributed by atoms with Crippen LogP contribution in [0.2, 0.25) is 0 Å². The van der Waals surface area contributed by atoms with E-state index in [9.17, 15) is 4.79 Å². The molecule has 2 heterocycles. The number of rotatable bonds is 3. The van der Waals surface area contributed by atoms with Gasteiger partial charge in [0, 0.05) is 28.9 Å². The highest BCUT2D eigenvalue weighted by Crippen LogP contribution is 2.60. The van der Waals surface area contributed by atoms with E-state index in [1.165, 1.54) is 30.6 Å². The highest BCUT2D eigenvalue weighted by atomic mass is 32.1. The van der Waals surface area contributed by atoms with Crippen molar-refractivity contribution < 1.29 is 9.53 Å². The first-order valence-corrected chi connectivity index (χ1v) is 8.86. The van der Waals surface area contributed by atoms with Crippen molar-refractivity contribution in [1.82, 2.24) is 10.6 Å². The minimum absolute atomic E-state index is 0.0231. The van der Waals surface area contributed by atoms with Crippen LogP contribution in [0.1, 0.15) is 37.0 Å². The molecule has 1 aliphatic heterocycles. The normalized spacial score (nSPS) is 32.7. The number of hydrogen-bond donors (Lipinski definition) is 2. The molecule has 3 fully saturated rings. The van der Waals surface area contributed by atoms with Crippen LogP contribution in [0.3, 0.4) is 0 Å². The Morgan fingerprint density at radius 3 is 3.05 bits per heavy atom. The molecule has 3 atom stereocenters. The molecule has 1 aromatic rings.